The van der Waals surface area contributed by atoms with Gasteiger partial charge in [-0.3, -0.25) is 9.36 Å². The van der Waals surface area contributed by atoms with Crippen LogP contribution in [-0.4, -0.2) is 4.57 Å². The van der Waals surface area contributed by atoms with Crippen molar-refractivity contribution in [3.8, 4) is 27.9 Å². The third-order valence-electron chi connectivity index (χ3n) is 12.2. The summed E-state index contributed by atoms with van der Waals surface area (Å²) in [7, 11) is 0. The Balaban J connectivity index is 1.11. The Kier molecular flexibility index (Phi) is 6.81. The van der Waals surface area contributed by atoms with Crippen LogP contribution < -0.4 is 5.56 Å². The maximum atomic E-state index is 14.5. The molecule has 12 rings (SSSR count). The van der Waals surface area contributed by atoms with Crippen molar-refractivity contribution >= 4 is 86.3 Å². The van der Waals surface area contributed by atoms with Gasteiger partial charge >= 0.3 is 0 Å². The number of hydrogen-bond donors (Lipinski definition) is 0. The number of nitrogens with zero attached hydrogens (tertiary/aromatic N) is 1. The number of benzene rings is 11. The molecule has 1 heterocycles. The van der Waals surface area contributed by atoms with Crippen molar-refractivity contribution in [2.45, 2.75) is 0 Å². The summed E-state index contributed by atoms with van der Waals surface area (Å²) >= 11 is 0. The van der Waals surface area contributed by atoms with Gasteiger partial charge in [0.1, 0.15) is 0 Å². The summed E-state index contributed by atoms with van der Waals surface area (Å²) in [5.41, 5.74) is 6.15. The summed E-state index contributed by atoms with van der Waals surface area (Å²) in [6.45, 7) is 0. The second-order valence-electron chi connectivity index (χ2n) is 15.2. The Bertz CT molecular complexity index is 3640. The molecule has 0 saturated carbocycles. The third-order valence-corrected chi connectivity index (χ3v) is 12.2. The van der Waals surface area contributed by atoms with Crippen LogP contribution in [0.1, 0.15) is 0 Å². The van der Waals surface area contributed by atoms with E-state index in [2.05, 4.69) is 164 Å². The maximum Gasteiger partial charge on any atom is 0.263 e. The fourth-order valence-electron chi connectivity index (χ4n) is 9.50. The van der Waals surface area contributed by atoms with E-state index < -0.39 is 0 Å². The van der Waals surface area contributed by atoms with Crippen LogP contribution in [0.5, 0.6) is 0 Å². The summed E-state index contributed by atoms with van der Waals surface area (Å²) in [4.78, 5) is 14.5. The van der Waals surface area contributed by atoms with Crippen LogP contribution in [0.25, 0.3) is 114 Å². The molecular weight excluding hydrogens is 691 g/mol. The van der Waals surface area contributed by atoms with E-state index in [9.17, 15) is 4.79 Å². The zero-order chi connectivity index (χ0) is 37.6. The van der Waals surface area contributed by atoms with Crippen molar-refractivity contribution in [3.63, 3.8) is 0 Å². The Hall–Kier alpha value is -7.55. The fraction of sp³-hybridized carbons (Fsp3) is 0. The highest BCUT2D eigenvalue weighted by Crippen LogP contribution is 2.40. The first-order valence-electron chi connectivity index (χ1n) is 19.5. The normalized spacial score (nSPS) is 11.9. The van der Waals surface area contributed by atoms with E-state index >= 15 is 0 Å². The SMILES string of the molecule is O=c1c2ccc(-c3ccc4c5ccccc5c5ccccc5c4c3)cc2c2cc(-c3ccc4c5ccccc5c5ccccc5c4c3)ccc2n1-c1ccccc1. The zero-order valence-electron chi connectivity index (χ0n) is 30.9. The molecule has 0 spiro atoms. The molecule has 0 aliphatic rings. The van der Waals surface area contributed by atoms with Gasteiger partial charge in [-0.1, -0.05) is 152 Å². The van der Waals surface area contributed by atoms with Crippen molar-refractivity contribution in [1.29, 1.82) is 0 Å². The van der Waals surface area contributed by atoms with E-state index in [0.717, 1.165) is 44.2 Å². The monoisotopic (exact) mass is 723 g/mol. The van der Waals surface area contributed by atoms with Gasteiger partial charge in [-0.25, -0.2) is 0 Å². The first-order valence-corrected chi connectivity index (χ1v) is 19.5. The van der Waals surface area contributed by atoms with Gasteiger partial charge in [0.15, 0.2) is 0 Å². The lowest BCUT2D eigenvalue weighted by Crippen LogP contribution is -2.19. The van der Waals surface area contributed by atoms with E-state index in [-0.39, 0.29) is 5.56 Å². The zero-order valence-corrected chi connectivity index (χ0v) is 30.9. The molecule has 1 aromatic heterocycles. The first kappa shape index (κ1) is 31.8. The minimum absolute atomic E-state index is 0.0250. The summed E-state index contributed by atoms with van der Waals surface area (Å²) in [5.74, 6) is 0. The first-order chi connectivity index (χ1) is 28.2. The molecule has 2 nitrogen and oxygen atoms in total. The number of aromatic nitrogens is 1. The van der Waals surface area contributed by atoms with E-state index in [1.54, 1.807) is 0 Å². The van der Waals surface area contributed by atoms with Gasteiger partial charge in [-0.15, -0.1) is 0 Å². The number of para-hydroxylation sites is 1. The third kappa shape index (κ3) is 4.74. The standard InChI is InChI=1S/C55H33NO/c57-55-49-28-24-36(34-22-26-47-43-18-6-4-14-39(43)41-16-8-10-20-45(41)50(47)30-34)32-52(49)53-33-37(25-29-54(53)56(55)38-12-2-1-3-13-38)35-23-27-48-44-19-7-5-15-40(44)42-17-9-11-21-46(42)51(48)31-35/h1-33H. The highest BCUT2D eigenvalue weighted by atomic mass is 16.1. The molecule has 0 N–H and O–H groups in total. The highest BCUT2D eigenvalue weighted by molar-refractivity contribution is 6.27. The second kappa shape index (κ2) is 12.2. The average Bonchev–Trinajstić information content (AvgIpc) is 3.29. The largest absolute Gasteiger partial charge is 0.276 e. The van der Waals surface area contributed by atoms with Gasteiger partial charge in [0.05, 0.1) is 5.52 Å². The topological polar surface area (TPSA) is 22.0 Å². The van der Waals surface area contributed by atoms with Gasteiger partial charge < -0.3 is 0 Å². The number of hydrogen-bond acceptors (Lipinski definition) is 1. The number of pyridine rings is 1. The molecule has 0 aliphatic carbocycles. The molecule has 0 unspecified atom stereocenters. The van der Waals surface area contributed by atoms with Gasteiger partial charge in [-0.05, 0) is 141 Å². The lowest BCUT2D eigenvalue weighted by molar-refractivity contribution is 1.06. The second-order valence-corrected chi connectivity index (χ2v) is 15.2. The van der Waals surface area contributed by atoms with E-state index in [1.807, 2.05) is 41.0 Å². The quantitative estimate of drug-likeness (QED) is 0.166. The van der Waals surface area contributed by atoms with Gasteiger partial charge in [-0.2, -0.15) is 0 Å². The van der Waals surface area contributed by atoms with Crippen molar-refractivity contribution < 1.29 is 0 Å². The summed E-state index contributed by atoms with van der Waals surface area (Å²) in [6.07, 6.45) is 0. The van der Waals surface area contributed by atoms with Crippen LogP contribution in [0.2, 0.25) is 0 Å². The molecule has 11 aromatic carbocycles. The van der Waals surface area contributed by atoms with Crippen LogP contribution in [0, 0.1) is 0 Å². The predicted octanol–water partition coefficient (Wildman–Crippen LogP) is 14.4. The Morgan fingerprint density at radius 2 is 0.544 bits per heavy atom. The van der Waals surface area contributed by atoms with Crippen molar-refractivity contribution in [1.82, 2.24) is 4.57 Å². The molecule has 0 amide bonds. The Morgan fingerprint density at radius 1 is 0.246 bits per heavy atom. The summed E-state index contributed by atoms with van der Waals surface area (Å²) in [5, 5.41) is 17.7. The molecule has 0 fully saturated rings. The molecule has 0 aliphatic heterocycles. The van der Waals surface area contributed by atoms with E-state index in [0.29, 0.717) is 5.39 Å². The highest BCUT2D eigenvalue weighted by Gasteiger charge is 2.17. The lowest BCUT2D eigenvalue weighted by Gasteiger charge is -2.16. The predicted molar refractivity (Wildman–Crippen MR) is 243 cm³/mol. The van der Waals surface area contributed by atoms with Crippen molar-refractivity contribution in [3.05, 3.63) is 211 Å². The molecule has 264 valence electrons. The molecule has 0 saturated heterocycles. The number of fused-ring (bicyclic) bond motifs is 15. The summed E-state index contributed by atoms with van der Waals surface area (Å²) in [6, 6.07) is 71.4. The van der Waals surface area contributed by atoms with Gasteiger partial charge in [0, 0.05) is 16.5 Å². The average molecular weight is 724 g/mol. The van der Waals surface area contributed by atoms with Gasteiger partial charge in [0.2, 0.25) is 0 Å². The molecule has 0 bridgehead atoms. The Labute approximate surface area is 328 Å². The fourth-order valence-corrected chi connectivity index (χ4v) is 9.50. The van der Waals surface area contributed by atoms with Gasteiger partial charge in [0.25, 0.3) is 5.56 Å². The van der Waals surface area contributed by atoms with Crippen molar-refractivity contribution in [2.24, 2.45) is 0 Å². The van der Waals surface area contributed by atoms with Crippen LogP contribution in [0.4, 0.5) is 0 Å². The van der Waals surface area contributed by atoms with E-state index in [1.165, 1.54) is 64.6 Å². The molecular formula is C55H33NO. The van der Waals surface area contributed by atoms with Crippen LogP contribution in [-0.2, 0) is 0 Å². The van der Waals surface area contributed by atoms with Crippen molar-refractivity contribution in [2.75, 3.05) is 0 Å². The van der Waals surface area contributed by atoms with Crippen LogP contribution >= 0.6 is 0 Å². The van der Waals surface area contributed by atoms with Crippen LogP contribution in [0.3, 0.4) is 0 Å². The maximum absolute atomic E-state index is 14.5. The lowest BCUT2D eigenvalue weighted by atomic mass is 9.91. The molecule has 57 heavy (non-hydrogen) atoms. The molecule has 12 aromatic rings. The molecule has 2 heteroatoms. The minimum Gasteiger partial charge on any atom is -0.276 e. The molecule has 0 radical (unpaired) electrons. The Morgan fingerprint density at radius 3 is 0.965 bits per heavy atom. The van der Waals surface area contributed by atoms with E-state index in [4.69, 9.17) is 0 Å². The van der Waals surface area contributed by atoms with Crippen LogP contribution in [0.15, 0.2) is 205 Å². The number of rotatable bonds is 3. The smallest absolute Gasteiger partial charge is 0.263 e. The molecule has 0 atom stereocenters. The minimum atomic E-state index is -0.0250. The summed E-state index contributed by atoms with van der Waals surface area (Å²) < 4.78 is 1.87.